The topological polar surface area (TPSA) is 48.0 Å². The predicted octanol–water partition coefficient (Wildman–Crippen LogP) is 2.35. The van der Waals surface area contributed by atoms with Gasteiger partial charge in [-0.3, -0.25) is 4.79 Å². The van der Waals surface area contributed by atoms with Crippen molar-refractivity contribution in [3.8, 4) is 5.75 Å². The summed E-state index contributed by atoms with van der Waals surface area (Å²) in [5.74, 6) is 0.796. The number of carbonyl (C=O) groups is 1. The number of amides is 1. The van der Waals surface area contributed by atoms with Crippen LogP contribution in [-0.2, 0) is 9.47 Å². The number of benzene rings is 1. The van der Waals surface area contributed by atoms with Crippen molar-refractivity contribution in [1.29, 1.82) is 0 Å². The standard InChI is InChI=1S/C17H25NO4/c1-4-17(2)13-21-10-9-18(17)16(19)14-5-7-15(8-6-14)22-12-11-20-3/h5-8H,4,9-13H2,1-3H3/t17-/m0/s1. The number of morpholine rings is 1. The van der Waals surface area contributed by atoms with Crippen LogP contribution in [0.5, 0.6) is 5.75 Å². The maximum atomic E-state index is 12.8. The van der Waals surface area contributed by atoms with Crippen LogP contribution in [0.15, 0.2) is 24.3 Å². The minimum Gasteiger partial charge on any atom is -0.491 e. The van der Waals surface area contributed by atoms with Crippen molar-refractivity contribution in [2.45, 2.75) is 25.8 Å². The summed E-state index contributed by atoms with van der Waals surface area (Å²) < 4.78 is 16.0. The molecule has 1 atom stereocenters. The molecule has 0 N–H and O–H groups in total. The molecule has 5 heteroatoms. The molecule has 0 bridgehead atoms. The lowest BCUT2D eigenvalue weighted by molar-refractivity contribution is -0.0465. The average Bonchev–Trinajstić information content (AvgIpc) is 2.55. The van der Waals surface area contributed by atoms with Crippen molar-refractivity contribution in [3.63, 3.8) is 0 Å². The van der Waals surface area contributed by atoms with Crippen LogP contribution >= 0.6 is 0 Å². The number of nitrogens with zero attached hydrogens (tertiary/aromatic N) is 1. The van der Waals surface area contributed by atoms with Crippen LogP contribution in [0.4, 0.5) is 0 Å². The Bertz CT molecular complexity index is 488. The van der Waals surface area contributed by atoms with Gasteiger partial charge in [0.2, 0.25) is 0 Å². The Kier molecular flexibility index (Phi) is 5.80. The maximum Gasteiger partial charge on any atom is 0.254 e. The molecule has 1 aliphatic heterocycles. The molecular weight excluding hydrogens is 282 g/mol. The highest BCUT2D eigenvalue weighted by molar-refractivity contribution is 5.95. The third-order valence-electron chi connectivity index (χ3n) is 4.19. The van der Waals surface area contributed by atoms with Crippen LogP contribution in [0.2, 0.25) is 0 Å². The Morgan fingerprint density at radius 3 is 2.68 bits per heavy atom. The monoisotopic (exact) mass is 307 g/mol. The van der Waals surface area contributed by atoms with Gasteiger partial charge in [-0.05, 0) is 37.6 Å². The molecule has 0 aromatic heterocycles. The van der Waals surface area contributed by atoms with Gasteiger partial charge >= 0.3 is 0 Å². The van der Waals surface area contributed by atoms with E-state index in [1.54, 1.807) is 7.11 Å². The average molecular weight is 307 g/mol. The van der Waals surface area contributed by atoms with Gasteiger partial charge in [0.1, 0.15) is 12.4 Å². The van der Waals surface area contributed by atoms with E-state index in [-0.39, 0.29) is 11.4 Å². The van der Waals surface area contributed by atoms with Gasteiger partial charge in [-0.2, -0.15) is 0 Å². The number of carbonyl (C=O) groups excluding carboxylic acids is 1. The first kappa shape index (κ1) is 16.8. The second-order valence-corrected chi connectivity index (χ2v) is 5.73. The van der Waals surface area contributed by atoms with Crippen molar-refractivity contribution >= 4 is 5.91 Å². The van der Waals surface area contributed by atoms with Crippen molar-refractivity contribution < 1.29 is 19.0 Å². The van der Waals surface area contributed by atoms with Crippen LogP contribution < -0.4 is 4.74 Å². The van der Waals surface area contributed by atoms with E-state index in [4.69, 9.17) is 14.2 Å². The highest BCUT2D eigenvalue weighted by Crippen LogP contribution is 2.26. The van der Waals surface area contributed by atoms with Crippen molar-refractivity contribution in [2.24, 2.45) is 0 Å². The molecule has 1 heterocycles. The summed E-state index contributed by atoms with van der Waals surface area (Å²) in [6.07, 6.45) is 0.872. The number of rotatable bonds is 6. The van der Waals surface area contributed by atoms with Gasteiger partial charge in [-0.1, -0.05) is 6.92 Å². The van der Waals surface area contributed by atoms with Gasteiger partial charge in [-0.15, -0.1) is 0 Å². The number of hydrogen-bond acceptors (Lipinski definition) is 4. The van der Waals surface area contributed by atoms with E-state index in [0.29, 0.717) is 38.5 Å². The lowest BCUT2D eigenvalue weighted by Gasteiger charge is -2.44. The molecule has 0 unspecified atom stereocenters. The molecule has 0 saturated carbocycles. The Labute approximate surface area is 132 Å². The fourth-order valence-electron chi connectivity index (χ4n) is 2.53. The summed E-state index contributed by atoms with van der Waals surface area (Å²) >= 11 is 0. The van der Waals surface area contributed by atoms with Gasteiger partial charge in [0.25, 0.3) is 5.91 Å². The second-order valence-electron chi connectivity index (χ2n) is 5.73. The van der Waals surface area contributed by atoms with Crippen LogP contribution in [0, 0.1) is 0 Å². The summed E-state index contributed by atoms with van der Waals surface area (Å²) in [6, 6.07) is 7.28. The van der Waals surface area contributed by atoms with E-state index in [2.05, 4.69) is 13.8 Å². The van der Waals surface area contributed by atoms with Gasteiger partial charge in [0, 0.05) is 19.2 Å². The molecule has 0 aliphatic carbocycles. The first-order valence-corrected chi connectivity index (χ1v) is 7.72. The Morgan fingerprint density at radius 2 is 2.05 bits per heavy atom. The molecule has 1 fully saturated rings. The second kappa shape index (κ2) is 7.61. The fourth-order valence-corrected chi connectivity index (χ4v) is 2.53. The van der Waals surface area contributed by atoms with Gasteiger partial charge in [0.15, 0.2) is 0 Å². The molecule has 2 rings (SSSR count). The molecule has 1 aromatic carbocycles. The Morgan fingerprint density at radius 1 is 1.32 bits per heavy atom. The zero-order valence-electron chi connectivity index (χ0n) is 13.6. The molecule has 1 aromatic rings. The highest BCUT2D eigenvalue weighted by atomic mass is 16.5. The molecule has 0 spiro atoms. The van der Waals surface area contributed by atoms with E-state index in [1.807, 2.05) is 29.2 Å². The van der Waals surface area contributed by atoms with E-state index in [1.165, 1.54) is 0 Å². The quantitative estimate of drug-likeness (QED) is 0.757. The van der Waals surface area contributed by atoms with E-state index >= 15 is 0 Å². The summed E-state index contributed by atoms with van der Waals surface area (Å²) in [4.78, 5) is 14.7. The van der Waals surface area contributed by atoms with Crippen LogP contribution in [0.1, 0.15) is 30.6 Å². The Balaban J connectivity index is 2.05. The molecule has 1 amide bonds. The molecular formula is C17H25NO4. The zero-order chi connectivity index (χ0) is 16.0. The molecule has 1 aliphatic rings. The number of ether oxygens (including phenoxy) is 3. The lowest BCUT2D eigenvalue weighted by atomic mass is 9.95. The van der Waals surface area contributed by atoms with E-state index < -0.39 is 0 Å². The van der Waals surface area contributed by atoms with Crippen molar-refractivity contribution in [3.05, 3.63) is 29.8 Å². The van der Waals surface area contributed by atoms with E-state index in [9.17, 15) is 4.79 Å². The van der Waals surface area contributed by atoms with Gasteiger partial charge < -0.3 is 19.1 Å². The van der Waals surface area contributed by atoms with Crippen molar-refractivity contribution in [2.75, 3.05) is 40.1 Å². The Hall–Kier alpha value is -1.59. The smallest absolute Gasteiger partial charge is 0.254 e. The predicted molar refractivity (Wildman–Crippen MR) is 84.4 cm³/mol. The molecule has 22 heavy (non-hydrogen) atoms. The van der Waals surface area contributed by atoms with Crippen molar-refractivity contribution in [1.82, 2.24) is 4.90 Å². The number of hydrogen-bond donors (Lipinski definition) is 0. The molecule has 1 saturated heterocycles. The summed E-state index contributed by atoms with van der Waals surface area (Å²) in [6.45, 7) is 7.03. The largest absolute Gasteiger partial charge is 0.491 e. The first-order chi connectivity index (χ1) is 10.6. The van der Waals surface area contributed by atoms with Gasteiger partial charge in [-0.25, -0.2) is 0 Å². The molecule has 0 radical (unpaired) electrons. The van der Waals surface area contributed by atoms with Gasteiger partial charge in [0.05, 0.1) is 25.4 Å². The normalized spacial score (nSPS) is 21.7. The molecule has 5 nitrogen and oxygen atoms in total. The SMILES string of the molecule is CC[C@@]1(C)COCCN1C(=O)c1ccc(OCCOC)cc1. The molecule has 122 valence electrons. The minimum atomic E-state index is -0.233. The van der Waals surface area contributed by atoms with E-state index in [0.717, 1.165) is 12.2 Å². The summed E-state index contributed by atoms with van der Waals surface area (Å²) in [7, 11) is 1.64. The lowest BCUT2D eigenvalue weighted by Crippen LogP contribution is -2.57. The summed E-state index contributed by atoms with van der Waals surface area (Å²) in [5, 5.41) is 0. The minimum absolute atomic E-state index is 0.0519. The number of methoxy groups -OCH3 is 1. The zero-order valence-corrected chi connectivity index (χ0v) is 13.6. The fraction of sp³-hybridized carbons (Fsp3) is 0.588. The maximum absolute atomic E-state index is 12.8. The third-order valence-corrected chi connectivity index (χ3v) is 4.19. The van der Waals surface area contributed by atoms with Crippen LogP contribution in [-0.4, -0.2) is 56.4 Å². The summed E-state index contributed by atoms with van der Waals surface area (Å²) in [5.41, 5.74) is 0.448. The first-order valence-electron chi connectivity index (χ1n) is 7.72. The van der Waals surface area contributed by atoms with Crippen LogP contribution in [0.25, 0.3) is 0 Å². The van der Waals surface area contributed by atoms with Crippen LogP contribution in [0.3, 0.4) is 0 Å². The highest BCUT2D eigenvalue weighted by Gasteiger charge is 2.37. The third kappa shape index (κ3) is 3.78.